The summed E-state index contributed by atoms with van der Waals surface area (Å²) in [5.41, 5.74) is 4.65. The highest BCUT2D eigenvalue weighted by molar-refractivity contribution is 6.15. The summed E-state index contributed by atoms with van der Waals surface area (Å²) >= 11 is 0. The number of fused-ring (bicyclic) bond motifs is 2. The minimum absolute atomic E-state index is 0.169. The van der Waals surface area contributed by atoms with Crippen molar-refractivity contribution < 1.29 is 4.39 Å². The van der Waals surface area contributed by atoms with Crippen LogP contribution in [-0.2, 0) is 5.41 Å². The second-order valence-corrected chi connectivity index (χ2v) is 8.18. The van der Waals surface area contributed by atoms with E-state index in [1.54, 1.807) is 12.1 Å². The van der Waals surface area contributed by atoms with Crippen molar-refractivity contribution in [2.75, 3.05) is 0 Å². The first-order valence-electron chi connectivity index (χ1n) is 8.97. The molecule has 0 aliphatic carbocycles. The van der Waals surface area contributed by atoms with Crippen LogP contribution in [0, 0.1) is 12.7 Å². The van der Waals surface area contributed by atoms with Crippen molar-refractivity contribution in [3.8, 4) is 0 Å². The summed E-state index contributed by atoms with van der Waals surface area (Å²) in [6, 6.07) is 13.5. The molecule has 0 saturated heterocycles. The number of benzene rings is 2. The Kier molecular flexibility index (Phi) is 3.56. The van der Waals surface area contributed by atoms with Crippen LogP contribution in [0.4, 0.5) is 4.39 Å². The number of hydrogen-bond donors (Lipinski definition) is 0. The Morgan fingerprint density at radius 3 is 2.46 bits per heavy atom. The second-order valence-electron chi connectivity index (χ2n) is 8.18. The molecule has 0 amide bonds. The molecule has 0 N–H and O–H groups in total. The van der Waals surface area contributed by atoms with Crippen molar-refractivity contribution in [3.05, 3.63) is 76.7 Å². The summed E-state index contributed by atoms with van der Waals surface area (Å²) in [5, 5.41) is 1.07. The van der Waals surface area contributed by atoms with Crippen LogP contribution in [0.2, 0.25) is 0 Å². The van der Waals surface area contributed by atoms with Crippen molar-refractivity contribution >= 4 is 16.6 Å². The van der Waals surface area contributed by atoms with Gasteiger partial charge in [-0.15, -0.1) is 0 Å². The van der Waals surface area contributed by atoms with Crippen LogP contribution in [0.3, 0.4) is 0 Å². The van der Waals surface area contributed by atoms with E-state index in [-0.39, 0.29) is 5.82 Å². The van der Waals surface area contributed by atoms with E-state index in [9.17, 15) is 4.39 Å². The molecule has 4 rings (SSSR count). The lowest BCUT2D eigenvalue weighted by atomic mass is 9.65. The van der Waals surface area contributed by atoms with Crippen molar-refractivity contribution in [2.24, 2.45) is 4.99 Å². The van der Waals surface area contributed by atoms with Gasteiger partial charge in [0.2, 0.25) is 0 Å². The molecule has 132 valence electrons. The number of nitrogens with zero attached hydrogens (tertiary/aromatic N) is 2. The van der Waals surface area contributed by atoms with Crippen molar-refractivity contribution in [2.45, 2.75) is 45.6 Å². The number of aryl methyl sites for hydroxylation is 1. The van der Waals surface area contributed by atoms with Crippen molar-refractivity contribution in [1.82, 2.24) is 4.98 Å². The molecule has 3 heteroatoms. The number of rotatable bonds is 1. The highest BCUT2D eigenvalue weighted by Crippen LogP contribution is 2.45. The molecule has 0 unspecified atom stereocenters. The minimum Gasteiger partial charge on any atom is -0.277 e. The van der Waals surface area contributed by atoms with Crippen LogP contribution < -0.4 is 0 Å². The van der Waals surface area contributed by atoms with Gasteiger partial charge in [-0.25, -0.2) is 4.39 Å². The van der Waals surface area contributed by atoms with Gasteiger partial charge in [-0.3, -0.25) is 9.98 Å². The second kappa shape index (κ2) is 5.47. The fourth-order valence-corrected chi connectivity index (χ4v) is 3.80. The molecule has 0 spiro atoms. The standard InChI is InChI=1S/C23H23FN2/c1-14-8-6-9-15-12-16(13-25-20(14)15)21-17-10-7-11-18(24)19(17)22(2,3)23(4,5)26-21/h6-13H,1-5H3. The van der Waals surface area contributed by atoms with Crippen LogP contribution in [0.25, 0.3) is 10.9 Å². The molecule has 0 fully saturated rings. The van der Waals surface area contributed by atoms with Gasteiger partial charge in [-0.05, 0) is 38.5 Å². The van der Waals surface area contributed by atoms with Gasteiger partial charge in [0.05, 0.1) is 16.8 Å². The third-order valence-electron chi connectivity index (χ3n) is 6.00. The smallest absolute Gasteiger partial charge is 0.127 e. The van der Waals surface area contributed by atoms with Crippen LogP contribution in [0.1, 0.15) is 49.9 Å². The third-order valence-corrected chi connectivity index (χ3v) is 6.00. The van der Waals surface area contributed by atoms with Gasteiger partial charge in [0.25, 0.3) is 0 Å². The lowest BCUT2D eigenvalue weighted by Gasteiger charge is -2.44. The first-order valence-corrected chi connectivity index (χ1v) is 8.97. The highest BCUT2D eigenvalue weighted by atomic mass is 19.1. The van der Waals surface area contributed by atoms with E-state index in [0.29, 0.717) is 0 Å². The van der Waals surface area contributed by atoms with Crippen molar-refractivity contribution in [1.29, 1.82) is 0 Å². The molecule has 1 aliphatic heterocycles. The molecule has 2 nitrogen and oxygen atoms in total. The molecule has 2 heterocycles. The van der Waals surface area contributed by atoms with E-state index in [4.69, 9.17) is 4.99 Å². The van der Waals surface area contributed by atoms with E-state index >= 15 is 0 Å². The average Bonchev–Trinajstić information content (AvgIpc) is 2.58. The number of halogens is 1. The Bertz CT molecular complexity index is 1060. The normalized spacial score (nSPS) is 17.7. The maximum Gasteiger partial charge on any atom is 0.127 e. The van der Waals surface area contributed by atoms with Crippen LogP contribution in [0.5, 0.6) is 0 Å². The van der Waals surface area contributed by atoms with Crippen LogP contribution in [-0.4, -0.2) is 16.2 Å². The average molecular weight is 346 g/mol. The number of pyridine rings is 1. The zero-order chi connectivity index (χ0) is 18.7. The molecular weight excluding hydrogens is 323 g/mol. The molecular formula is C23H23FN2. The summed E-state index contributed by atoms with van der Waals surface area (Å²) < 4.78 is 14.8. The van der Waals surface area contributed by atoms with Gasteiger partial charge < -0.3 is 0 Å². The number of aromatic nitrogens is 1. The third kappa shape index (κ3) is 2.30. The first-order chi connectivity index (χ1) is 12.2. The van der Waals surface area contributed by atoms with Crippen LogP contribution in [0.15, 0.2) is 53.7 Å². The van der Waals surface area contributed by atoms with E-state index < -0.39 is 11.0 Å². The number of aliphatic imine (C=N–C) groups is 1. The predicted octanol–water partition coefficient (Wildman–Crippen LogP) is 5.59. The van der Waals surface area contributed by atoms with E-state index in [1.165, 1.54) is 0 Å². The van der Waals surface area contributed by atoms with Gasteiger partial charge in [0, 0.05) is 33.7 Å². The summed E-state index contributed by atoms with van der Waals surface area (Å²) in [6.07, 6.45) is 1.86. The Morgan fingerprint density at radius 1 is 0.962 bits per heavy atom. The molecule has 3 aromatic rings. The zero-order valence-electron chi connectivity index (χ0n) is 15.9. The van der Waals surface area contributed by atoms with Gasteiger partial charge in [-0.2, -0.15) is 0 Å². The number of hydrogen-bond acceptors (Lipinski definition) is 2. The SMILES string of the molecule is Cc1cccc2cc(C3=NC(C)(C)C(C)(C)c4c(F)cccc43)cnc12. The summed E-state index contributed by atoms with van der Waals surface area (Å²) in [7, 11) is 0. The summed E-state index contributed by atoms with van der Waals surface area (Å²) in [6.45, 7) is 10.3. The molecule has 2 aromatic carbocycles. The largest absolute Gasteiger partial charge is 0.277 e. The number of para-hydroxylation sites is 1. The maximum atomic E-state index is 14.8. The molecule has 0 bridgehead atoms. The lowest BCUT2D eigenvalue weighted by Crippen LogP contribution is -2.46. The zero-order valence-corrected chi connectivity index (χ0v) is 15.9. The molecule has 1 aromatic heterocycles. The topological polar surface area (TPSA) is 25.2 Å². The van der Waals surface area contributed by atoms with Gasteiger partial charge >= 0.3 is 0 Å². The fraction of sp³-hybridized carbons (Fsp3) is 0.304. The van der Waals surface area contributed by atoms with Crippen molar-refractivity contribution in [3.63, 3.8) is 0 Å². The predicted molar refractivity (Wildman–Crippen MR) is 106 cm³/mol. The van der Waals surface area contributed by atoms with E-state index in [1.807, 2.05) is 18.3 Å². The van der Waals surface area contributed by atoms with Gasteiger partial charge in [-0.1, -0.05) is 44.2 Å². The lowest BCUT2D eigenvalue weighted by molar-refractivity contribution is 0.293. The molecule has 0 radical (unpaired) electrons. The maximum absolute atomic E-state index is 14.8. The van der Waals surface area contributed by atoms with E-state index in [0.717, 1.165) is 38.9 Å². The van der Waals surface area contributed by atoms with E-state index in [2.05, 4.69) is 57.8 Å². The quantitative estimate of drug-likeness (QED) is 0.564. The minimum atomic E-state index is -0.431. The molecule has 26 heavy (non-hydrogen) atoms. The Hall–Kier alpha value is -2.55. The molecule has 1 aliphatic rings. The molecule has 0 saturated carbocycles. The van der Waals surface area contributed by atoms with Crippen LogP contribution >= 0.6 is 0 Å². The van der Waals surface area contributed by atoms with Gasteiger partial charge in [0.1, 0.15) is 5.82 Å². The Labute approximate surface area is 153 Å². The Balaban J connectivity index is 2.00. The molecule has 0 atom stereocenters. The van der Waals surface area contributed by atoms with Gasteiger partial charge in [0.15, 0.2) is 0 Å². The fourth-order valence-electron chi connectivity index (χ4n) is 3.80. The summed E-state index contributed by atoms with van der Waals surface area (Å²) in [5.74, 6) is -0.169. The Morgan fingerprint density at radius 2 is 1.69 bits per heavy atom. The summed E-state index contributed by atoms with van der Waals surface area (Å²) in [4.78, 5) is 9.72. The first kappa shape index (κ1) is 16.9. The highest BCUT2D eigenvalue weighted by Gasteiger charge is 2.45. The monoisotopic (exact) mass is 346 g/mol.